The van der Waals surface area contributed by atoms with Crippen molar-refractivity contribution in [2.75, 3.05) is 10.6 Å². The largest absolute Gasteiger partial charge is 0.367 e. The van der Waals surface area contributed by atoms with Crippen molar-refractivity contribution < 1.29 is 14.0 Å². The normalized spacial score (nSPS) is 17.2. The Hall–Kier alpha value is -3.95. The molecule has 3 amide bonds. The molecule has 31 heavy (non-hydrogen) atoms. The van der Waals surface area contributed by atoms with Gasteiger partial charge >= 0.3 is 6.03 Å². The molecule has 3 aromatic rings. The van der Waals surface area contributed by atoms with Crippen molar-refractivity contribution in [2.24, 2.45) is 0 Å². The van der Waals surface area contributed by atoms with Gasteiger partial charge in [0.05, 0.1) is 6.20 Å². The quantitative estimate of drug-likeness (QED) is 0.360. The van der Waals surface area contributed by atoms with Gasteiger partial charge in [0.2, 0.25) is 0 Å². The summed E-state index contributed by atoms with van der Waals surface area (Å²) in [6, 6.07) is 6.67. The smallest absolute Gasteiger partial charge is 0.326 e. The number of fused-ring (bicyclic) bond motifs is 1. The van der Waals surface area contributed by atoms with Gasteiger partial charge < -0.3 is 16.0 Å². The summed E-state index contributed by atoms with van der Waals surface area (Å²) in [6.45, 7) is 2.20. The highest BCUT2D eigenvalue weighted by Crippen LogP contribution is 2.27. The maximum absolute atomic E-state index is 13.5. The van der Waals surface area contributed by atoms with Crippen LogP contribution in [0.3, 0.4) is 0 Å². The number of rotatable bonds is 6. The second kappa shape index (κ2) is 7.38. The molecule has 3 heterocycles. The average Bonchev–Trinajstić information content (AvgIpc) is 3.37. The molecule has 1 saturated heterocycles. The van der Waals surface area contributed by atoms with Crippen molar-refractivity contribution >= 4 is 35.3 Å². The van der Waals surface area contributed by atoms with Crippen molar-refractivity contribution in [1.82, 2.24) is 25.2 Å². The van der Waals surface area contributed by atoms with Crippen LogP contribution in [0.2, 0.25) is 0 Å². The van der Waals surface area contributed by atoms with Crippen molar-refractivity contribution in [3.8, 4) is 0 Å². The fourth-order valence-corrected chi connectivity index (χ4v) is 3.36. The summed E-state index contributed by atoms with van der Waals surface area (Å²) in [5.41, 5.74) is 2.77. The van der Waals surface area contributed by atoms with E-state index in [1.807, 2.05) is 6.07 Å². The molecule has 2 aromatic heterocycles. The Bertz CT molecular complexity index is 1250. The van der Waals surface area contributed by atoms with Crippen LogP contribution >= 0.6 is 0 Å². The second-order valence-corrected chi connectivity index (χ2v) is 7.68. The van der Waals surface area contributed by atoms with E-state index in [1.165, 1.54) is 6.07 Å². The van der Waals surface area contributed by atoms with Crippen molar-refractivity contribution in [2.45, 2.75) is 32.4 Å². The number of amides is 3. The zero-order valence-corrected chi connectivity index (χ0v) is 16.7. The number of nitrogens with one attached hydrogen (secondary N) is 4. The third-order valence-corrected chi connectivity index (χ3v) is 5.14. The number of hydrogen-bond donors (Lipinski definition) is 4. The Morgan fingerprint density at radius 2 is 2.10 bits per heavy atom. The fourth-order valence-electron chi connectivity index (χ4n) is 3.36. The van der Waals surface area contributed by atoms with Gasteiger partial charge in [0, 0.05) is 24.2 Å². The van der Waals surface area contributed by atoms with Crippen LogP contribution < -0.4 is 21.3 Å². The van der Waals surface area contributed by atoms with E-state index < -0.39 is 11.9 Å². The summed E-state index contributed by atoms with van der Waals surface area (Å²) in [7, 11) is 0. The van der Waals surface area contributed by atoms with E-state index >= 15 is 0 Å². The minimum absolute atomic E-state index is 0.138. The van der Waals surface area contributed by atoms with Crippen LogP contribution in [-0.2, 0) is 11.3 Å². The van der Waals surface area contributed by atoms with Crippen molar-refractivity contribution in [3.63, 3.8) is 0 Å². The summed E-state index contributed by atoms with van der Waals surface area (Å²) in [4.78, 5) is 27.9. The lowest BCUT2D eigenvalue weighted by molar-refractivity contribution is -0.115. The van der Waals surface area contributed by atoms with Crippen LogP contribution in [0.1, 0.15) is 29.5 Å². The molecule has 0 atom stereocenters. The van der Waals surface area contributed by atoms with Gasteiger partial charge in [-0.1, -0.05) is 12.1 Å². The first-order chi connectivity index (χ1) is 15.0. The number of nitrogens with zero attached hydrogens (tertiary/aromatic N) is 3. The molecule has 1 saturated carbocycles. The number of carbonyl (C=O) groups is 2. The average molecular weight is 421 g/mol. The Morgan fingerprint density at radius 3 is 2.81 bits per heavy atom. The summed E-state index contributed by atoms with van der Waals surface area (Å²) in [6.07, 6.45) is 5.32. The Morgan fingerprint density at radius 1 is 1.26 bits per heavy atom. The molecule has 0 radical (unpaired) electrons. The molecule has 0 spiro atoms. The van der Waals surface area contributed by atoms with Gasteiger partial charge in [-0.05, 0) is 43.0 Å². The predicted molar refractivity (Wildman–Crippen MR) is 113 cm³/mol. The van der Waals surface area contributed by atoms with Gasteiger partial charge in [0.25, 0.3) is 5.91 Å². The monoisotopic (exact) mass is 421 g/mol. The number of imide groups is 1. The van der Waals surface area contributed by atoms with E-state index in [1.54, 1.807) is 35.8 Å². The molecular formula is C21H20FN7O2. The number of halogens is 1. The highest BCUT2D eigenvalue weighted by molar-refractivity contribution is 6.14. The highest BCUT2D eigenvalue weighted by atomic mass is 19.1. The summed E-state index contributed by atoms with van der Waals surface area (Å²) in [5, 5.41) is 15.8. The molecule has 9 nitrogen and oxygen atoms in total. The Kier molecular flexibility index (Phi) is 4.54. The van der Waals surface area contributed by atoms with Crippen LogP contribution in [0.5, 0.6) is 0 Å². The van der Waals surface area contributed by atoms with E-state index in [4.69, 9.17) is 0 Å². The minimum atomic E-state index is -0.561. The number of anilines is 2. The zero-order valence-electron chi connectivity index (χ0n) is 16.7. The van der Waals surface area contributed by atoms with E-state index in [0.29, 0.717) is 35.2 Å². The van der Waals surface area contributed by atoms with Gasteiger partial charge in [-0.2, -0.15) is 9.61 Å². The SMILES string of the molecule is Cc1cc(CNc2cc(NC3CC3)n3ncc(/C=C4\NC(=O)NC4=O)c3n2)ccc1F. The van der Waals surface area contributed by atoms with Crippen LogP contribution in [0.15, 0.2) is 36.2 Å². The number of urea groups is 1. The molecule has 5 rings (SSSR count). The molecule has 1 aromatic carbocycles. The van der Waals surface area contributed by atoms with Gasteiger partial charge in [-0.25, -0.2) is 14.2 Å². The van der Waals surface area contributed by atoms with E-state index in [9.17, 15) is 14.0 Å². The summed E-state index contributed by atoms with van der Waals surface area (Å²) < 4.78 is 15.2. The maximum atomic E-state index is 13.5. The van der Waals surface area contributed by atoms with Crippen LogP contribution in [0, 0.1) is 12.7 Å². The Labute approximate surface area is 176 Å². The van der Waals surface area contributed by atoms with Gasteiger partial charge in [0.1, 0.15) is 23.1 Å². The predicted octanol–water partition coefficient (Wildman–Crippen LogP) is 2.54. The fraction of sp³-hybridized carbons (Fsp3) is 0.238. The molecule has 158 valence electrons. The number of aromatic nitrogens is 3. The van der Waals surface area contributed by atoms with Crippen LogP contribution in [0.25, 0.3) is 11.7 Å². The number of carbonyl (C=O) groups excluding carboxylic acids is 2. The zero-order chi connectivity index (χ0) is 21.5. The highest BCUT2D eigenvalue weighted by Gasteiger charge is 2.25. The first kappa shape index (κ1) is 19.0. The molecule has 0 unspecified atom stereocenters. The molecule has 1 aliphatic carbocycles. The van der Waals surface area contributed by atoms with Gasteiger partial charge in [-0.3, -0.25) is 10.1 Å². The van der Waals surface area contributed by atoms with Crippen molar-refractivity contribution in [1.29, 1.82) is 0 Å². The van der Waals surface area contributed by atoms with E-state index in [-0.39, 0.29) is 11.5 Å². The number of aryl methyl sites for hydroxylation is 1. The van der Waals surface area contributed by atoms with Gasteiger partial charge in [-0.15, -0.1) is 0 Å². The molecule has 4 N–H and O–H groups in total. The maximum Gasteiger partial charge on any atom is 0.326 e. The third-order valence-electron chi connectivity index (χ3n) is 5.14. The minimum Gasteiger partial charge on any atom is -0.367 e. The van der Waals surface area contributed by atoms with Gasteiger partial charge in [0.15, 0.2) is 5.65 Å². The standard InChI is InChI=1S/C21H20FN7O2/c1-11-6-12(2-5-15(11)22)9-23-17-8-18(25-14-3-4-14)29-19(27-17)13(10-24-29)7-16-20(30)28-21(31)26-16/h2,5-8,10,14,25H,3-4,9H2,1H3,(H,23,27)(H2,26,28,30,31)/b16-7-. The number of hydrogen-bond acceptors (Lipinski definition) is 6. The molecule has 2 aliphatic rings. The third kappa shape index (κ3) is 3.91. The molecular weight excluding hydrogens is 401 g/mol. The van der Waals surface area contributed by atoms with Crippen LogP contribution in [-0.4, -0.2) is 32.6 Å². The second-order valence-electron chi connectivity index (χ2n) is 7.68. The first-order valence-electron chi connectivity index (χ1n) is 9.94. The Balaban J connectivity index is 1.48. The first-order valence-corrected chi connectivity index (χ1v) is 9.94. The lowest BCUT2D eigenvalue weighted by atomic mass is 10.1. The molecule has 0 bridgehead atoms. The molecule has 2 fully saturated rings. The van der Waals surface area contributed by atoms with E-state index in [2.05, 4.69) is 31.3 Å². The van der Waals surface area contributed by atoms with Crippen molar-refractivity contribution in [3.05, 3.63) is 58.7 Å². The number of benzene rings is 1. The summed E-state index contributed by atoms with van der Waals surface area (Å²) >= 11 is 0. The summed E-state index contributed by atoms with van der Waals surface area (Å²) in [5.74, 6) is 0.647. The molecule has 10 heteroatoms. The van der Waals surface area contributed by atoms with E-state index in [0.717, 1.165) is 24.2 Å². The molecule has 1 aliphatic heterocycles. The topological polar surface area (TPSA) is 112 Å². The lowest BCUT2D eigenvalue weighted by Gasteiger charge is -2.12. The lowest BCUT2D eigenvalue weighted by Crippen LogP contribution is -2.22. The van der Waals surface area contributed by atoms with Crippen LogP contribution in [0.4, 0.5) is 20.8 Å².